The van der Waals surface area contributed by atoms with E-state index in [4.69, 9.17) is 21.1 Å². The molecule has 0 aliphatic carbocycles. The first kappa shape index (κ1) is 12.9. The lowest BCUT2D eigenvalue weighted by Crippen LogP contribution is -1.98. The summed E-state index contributed by atoms with van der Waals surface area (Å²) in [6.45, 7) is 3.05. The van der Waals surface area contributed by atoms with Crippen molar-refractivity contribution in [2.24, 2.45) is 0 Å². The standard InChI is InChI=1S/C13H15ClN2O2/c1-3-18-12-6-4-11(5-7-12)16-13(14)8-10(15-16)9-17-2/h4-8H,3,9H2,1-2H3. The lowest BCUT2D eigenvalue weighted by molar-refractivity contribution is 0.181. The number of methoxy groups -OCH3 is 1. The Morgan fingerprint density at radius 2 is 2.00 bits per heavy atom. The Labute approximate surface area is 111 Å². The van der Waals surface area contributed by atoms with Crippen molar-refractivity contribution in [3.8, 4) is 11.4 Å². The van der Waals surface area contributed by atoms with Crippen LogP contribution in [-0.2, 0) is 11.3 Å². The molecule has 18 heavy (non-hydrogen) atoms. The average Bonchev–Trinajstić information content (AvgIpc) is 2.72. The monoisotopic (exact) mass is 266 g/mol. The molecule has 0 N–H and O–H groups in total. The number of benzene rings is 1. The minimum absolute atomic E-state index is 0.448. The normalized spacial score (nSPS) is 10.6. The van der Waals surface area contributed by atoms with E-state index in [1.807, 2.05) is 31.2 Å². The summed E-state index contributed by atoms with van der Waals surface area (Å²) in [6.07, 6.45) is 0. The molecular formula is C13H15ClN2O2. The van der Waals surface area contributed by atoms with Gasteiger partial charge in [0.15, 0.2) is 0 Å². The van der Waals surface area contributed by atoms with Crippen LogP contribution < -0.4 is 4.74 Å². The number of nitrogens with zero attached hydrogens (tertiary/aromatic N) is 2. The first-order valence-electron chi connectivity index (χ1n) is 5.71. The highest BCUT2D eigenvalue weighted by atomic mass is 35.5. The van der Waals surface area contributed by atoms with Gasteiger partial charge in [0.1, 0.15) is 10.9 Å². The van der Waals surface area contributed by atoms with Crippen LogP contribution in [0.4, 0.5) is 0 Å². The second kappa shape index (κ2) is 5.89. The maximum absolute atomic E-state index is 6.13. The fourth-order valence-electron chi connectivity index (χ4n) is 1.65. The van der Waals surface area contributed by atoms with Gasteiger partial charge >= 0.3 is 0 Å². The molecule has 0 bridgehead atoms. The summed E-state index contributed by atoms with van der Waals surface area (Å²) in [4.78, 5) is 0. The highest BCUT2D eigenvalue weighted by Gasteiger charge is 2.07. The number of ether oxygens (including phenoxy) is 2. The molecule has 2 aromatic rings. The van der Waals surface area contributed by atoms with Crippen molar-refractivity contribution < 1.29 is 9.47 Å². The van der Waals surface area contributed by atoms with Crippen LogP contribution in [0.2, 0.25) is 5.15 Å². The van der Waals surface area contributed by atoms with E-state index >= 15 is 0 Å². The Balaban J connectivity index is 2.24. The van der Waals surface area contributed by atoms with Crippen molar-refractivity contribution in [3.63, 3.8) is 0 Å². The Morgan fingerprint density at radius 1 is 1.28 bits per heavy atom. The lowest BCUT2D eigenvalue weighted by Gasteiger charge is -2.05. The Morgan fingerprint density at radius 3 is 2.61 bits per heavy atom. The first-order chi connectivity index (χ1) is 8.74. The first-order valence-corrected chi connectivity index (χ1v) is 6.09. The molecule has 5 heteroatoms. The van der Waals surface area contributed by atoms with Crippen LogP contribution in [0, 0.1) is 0 Å². The van der Waals surface area contributed by atoms with Gasteiger partial charge in [0, 0.05) is 13.2 Å². The van der Waals surface area contributed by atoms with E-state index in [1.165, 1.54) is 0 Å². The van der Waals surface area contributed by atoms with E-state index in [1.54, 1.807) is 17.9 Å². The zero-order valence-electron chi connectivity index (χ0n) is 10.4. The van der Waals surface area contributed by atoms with Crippen molar-refractivity contribution in [2.45, 2.75) is 13.5 Å². The van der Waals surface area contributed by atoms with E-state index in [2.05, 4.69) is 5.10 Å². The van der Waals surface area contributed by atoms with Gasteiger partial charge < -0.3 is 9.47 Å². The minimum Gasteiger partial charge on any atom is -0.494 e. The average molecular weight is 267 g/mol. The number of aromatic nitrogens is 2. The Hall–Kier alpha value is -1.52. The highest BCUT2D eigenvalue weighted by Crippen LogP contribution is 2.20. The van der Waals surface area contributed by atoms with Crippen molar-refractivity contribution in [2.75, 3.05) is 13.7 Å². The van der Waals surface area contributed by atoms with Crippen molar-refractivity contribution in [3.05, 3.63) is 41.2 Å². The molecule has 1 heterocycles. The quantitative estimate of drug-likeness (QED) is 0.834. The summed E-state index contributed by atoms with van der Waals surface area (Å²) in [6, 6.07) is 9.42. The topological polar surface area (TPSA) is 36.3 Å². The van der Waals surface area contributed by atoms with Gasteiger partial charge in [-0.3, -0.25) is 0 Å². The third-order valence-corrected chi connectivity index (χ3v) is 2.67. The molecule has 0 fully saturated rings. The van der Waals surface area contributed by atoms with E-state index in [9.17, 15) is 0 Å². The van der Waals surface area contributed by atoms with Gasteiger partial charge in [-0.15, -0.1) is 0 Å². The van der Waals surface area contributed by atoms with E-state index < -0.39 is 0 Å². The minimum atomic E-state index is 0.448. The van der Waals surface area contributed by atoms with Gasteiger partial charge in [0.25, 0.3) is 0 Å². The summed E-state index contributed by atoms with van der Waals surface area (Å²) < 4.78 is 12.1. The van der Waals surface area contributed by atoms with Crippen LogP contribution in [0.15, 0.2) is 30.3 Å². The molecule has 0 spiro atoms. The van der Waals surface area contributed by atoms with Gasteiger partial charge in [0.2, 0.25) is 0 Å². The van der Waals surface area contributed by atoms with Crippen LogP contribution in [0.3, 0.4) is 0 Å². The number of rotatable bonds is 5. The van der Waals surface area contributed by atoms with Crippen molar-refractivity contribution in [1.29, 1.82) is 0 Å². The molecular weight excluding hydrogens is 252 g/mol. The Bertz CT molecular complexity index is 508. The molecule has 0 amide bonds. The summed E-state index contributed by atoms with van der Waals surface area (Å²) in [5.41, 5.74) is 1.70. The molecule has 1 aromatic carbocycles. The summed E-state index contributed by atoms with van der Waals surface area (Å²) in [7, 11) is 1.63. The van der Waals surface area contributed by atoms with Crippen molar-refractivity contribution in [1.82, 2.24) is 9.78 Å². The van der Waals surface area contributed by atoms with E-state index in [0.29, 0.717) is 18.4 Å². The highest BCUT2D eigenvalue weighted by molar-refractivity contribution is 6.29. The van der Waals surface area contributed by atoms with Gasteiger partial charge in [-0.1, -0.05) is 11.6 Å². The van der Waals surface area contributed by atoms with Crippen LogP contribution in [-0.4, -0.2) is 23.5 Å². The summed E-state index contributed by atoms with van der Waals surface area (Å²) in [5.74, 6) is 0.835. The molecule has 96 valence electrons. The SMILES string of the molecule is CCOc1ccc(-n2nc(COC)cc2Cl)cc1. The second-order valence-electron chi connectivity index (χ2n) is 3.73. The second-order valence-corrected chi connectivity index (χ2v) is 4.12. The number of hydrogen-bond donors (Lipinski definition) is 0. The third kappa shape index (κ3) is 2.83. The molecule has 0 aliphatic heterocycles. The molecule has 1 aromatic heterocycles. The fourth-order valence-corrected chi connectivity index (χ4v) is 1.91. The maximum Gasteiger partial charge on any atom is 0.133 e. The zero-order valence-corrected chi connectivity index (χ0v) is 11.1. The third-order valence-electron chi connectivity index (χ3n) is 2.40. The van der Waals surface area contributed by atoms with Gasteiger partial charge in [-0.05, 0) is 31.2 Å². The van der Waals surface area contributed by atoms with E-state index in [0.717, 1.165) is 17.1 Å². The van der Waals surface area contributed by atoms with Crippen LogP contribution in [0.1, 0.15) is 12.6 Å². The smallest absolute Gasteiger partial charge is 0.133 e. The predicted molar refractivity (Wildman–Crippen MR) is 70.5 cm³/mol. The molecule has 0 saturated carbocycles. The maximum atomic E-state index is 6.13. The van der Waals surface area contributed by atoms with E-state index in [-0.39, 0.29) is 0 Å². The molecule has 0 unspecified atom stereocenters. The van der Waals surface area contributed by atoms with Crippen molar-refractivity contribution >= 4 is 11.6 Å². The van der Waals surface area contributed by atoms with Crippen LogP contribution in [0.25, 0.3) is 5.69 Å². The molecule has 0 aliphatic rings. The number of hydrogen-bond acceptors (Lipinski definition) is 3. The molecule has 0 radical (unpaired) electrons. The predicted octanol–water partition coefficient (Wildman–Crippen LogP) is 3.07. The summed E-state index contributed by atoms with van der Waals surface area (Å²) in [5, 5.41) is 4.93. The molecule has 4 nitrogen and oxygen atoms in total. The molecule has 0 saturated heterocycles. The summed E-state index contributed by atoms with van der Waals surface area (Å²) >= 11 is 6.13. The van der Waals surface area contributed by atoms with Gasteiger partial charge in [0.05, 0.1) is 24.6 Å². The van der Waals surface area contributed by atoms with Crippen LogP contribution in [0.5, 0.6) is 5.75 Å². The molecule has 0 atom stereocenters. The number of halogens is 1. The zero-order chi connectivity index (χ0) is 13.0. The fraction of sp³-hybridized carbons (Fsp3) is 0.308. The van der Waals surface area contributed by atoms with Crippen LogP contribution >= 0.6 is 11.6 Å². The largest absolute Gasteiger partial charge is 0.494 e. The lowest BCUT2D eigenvalue weighted by atomic mass is 10.3. The van der Waals surface area contributed by atoms with Gasteiger partial charge in [-0.2, -0.15) is 5.10 Å². The van der Waals surface area contributed by atoms with Gasteiger partial charge in [-0.25, -0.2) is 4.68 Å². The Kier molecular flexibility index (Phi) is 4.23. The molecule has 2 rings (SSSR count).